The summed E-state index contributed by atoms with van der Waals surface area (Å²) in [5, 5.41) is 13.1. The van der Waals surface area contributed by atoms with Gasteiger partial charge in [-0.1, -0.05) is 42.0 Å². The van der Waals surface area contributed by atoms with Gasteiger partial charge in [-0.2, -0.15) is 0 Å². The van der Waals surface area contributed by atoms with Crippen molar-refractivity contribution in [2.24, 2.45) is 0 Å². The molecule has 2 aromatic heterocycles. The van der Waals surface area contributed by atoms with Crippen LogP contribution < -0.4 is 5.43 Å². The summed E-state index contributed by atoms with van der Waals surface area (Å²) in [6.07, 6.45) is 1.56. The van der Waals surface area contributed by atoms with E-state index in [-0.39, 0.29) is 5.43 Å². The highest BCUT2D eigenvalue weighted by atomic mass is 16.5. The van der Waals surface area contributed by atoms with Crippen LogP contribution in [0.15, 0.2) is 64.0 Å². The number of ether oxygens (including phenoxy) is 1. The standard InChI is InChI=1S/C23H23N5O3/c1-16-7-8-20-18(13-16)22(29)19(15-31-20)21(27-9-11-30-12-10-27)23-24-25-26-28(23)14-17-5-3-2-4-6-17/h2-8,13,15,21H,9-12,14H2,1H3/t21-/m0/s1. The maximum absolute atomic E-state index is 13.5. The maximum atomic E-state index is 13.5. The molecule has 31 heavy (non-hydrogen) atoms. The summed E-state index contributed by atoms with van der Waals surface area (Å²) >= 11 is 0. The van der Waals surface area contributed by atoms with Crippen LogP contribution in [0, 0.1) is 6.92 Å². The number of tetrazole rings is 1. The third-order valence-electron chi connectivity index (χ3n) is 5.64. The Morgan fingerprint density at radius 2 is 1.90 bits per heavy atom. The molecule has 0 spiro atoms. The number of aromatic nitrogens is 4. The number of hydrogen-bond acceptors (Lipinski definition) is 7. The molecule has 2 aromatic carbocycles. The molecule has 1 saturated heterocycles. The minimum Gasteiger partial charge on any atom is -0.464 e. The first-order valence-corrected chi connectivity index (χ1v) is 10.3. The van der Waals surface area contributed by atoms with Gasteiger partial charge in [-0.3, -0.25) is 9.69 Å². The van der Waals surface area contributed by atoms with Crippen LogP contribution in [0.25, 0.3) is 11.0 Å². The fourth-order valence-corrected chi connectivity index (χ4v) is 4.06. The lowest BCUT2D eigenvalue weighted by atomic mass is 10.0. The molecule has 0 radical (unpaired) electrons. The maximum Gasteiger partial charge on any atom is 0.197 e. The van der Waals surface area contributed by atoms with E-state index >= 15 is 0 Å². The molecule has 0 unspecified atom stereocenters. The van der Waals surface area contributed by atoms with Gasteiger partial charge in [-0.15, -0.1) is 5.10 Å². The van der Waals surface area contributed by atoms with Gasteiger partial charge >= 0.3 is 0 Å². The SMILES string of the molecule is Cc1ccc2occ([C@@H](c3nnnn3Cc3ccccc3)N3CCOCC3)c(=O)c2c1. The van der Waals surface area contributed by atoms with Gasteiger partial charge in [0, 0.05) is 13.1 Å². The fourth-order valence-electron chi connectivity index (χ4n) is 4.06. The zero-order valence-electron chi connectivity index (χ0n) is 17.3. The van der Waals surface area contributed by atoms with Crippen molar-refractivity contribution >= 4 is 11.0 Å². The van der Waals surface area contributed by atoms with E-state index in [0.29, 0.717) is 55.2 Å². The first-order valence-electron chi connectivity index (χ1n) is 10.3. The van der Waals surface area contributed by atoms with E-state index in [1.807, 2.05) is 55.5 Å². The summed E-state index contributed by atoms with van der Waals surface area (Å²) in [5.41, 5.74) is 3.13. The molecule has 5 rings (SSSR count). The Morgan fingerprint density at radius 1 is 1.10 bits per heavy atom. The second-order valence-electron chi connectivity index (χ2n) is 7.75. The molecule has 1 aliphatic heterocycles. The molecule has 1 atom stereocenters. The summed E-state index contributed by atoms with van der Waals surface area (Å²) in [4.78, 5) is 15.7. The minimum atomic E-state index is -0.427. The molecule has 0 N–H and O–H groups in total. The van der Waals surface area contributed by atoms with E-state index in [1.54, 1.807) is 10.9 Å². The van der Waals surface area contributed by atoms with E-state index in [4.69, 9.17) is 9.15 Å². The number of morpholine rings is 1. The second-order valence-corrected chi connectivity index (χ2v) is 7.75. The zero-order valence-corrected chi connectivity index (χ0v) is 17.3. The third kappa shape index (κ3) is 3.87. The zero-order chi connectivity index (χ0) is 21.2. The Balaban J connectivity index is 1.63. The number of fused-ring (bicyclic) bond motifs is 1. The predicted octanol–water partition coefficient (Wildman–Crippen LogP) is 2.56. The lowest BCUT2D eigenvalue weighted by Gasteiger charge is -2.33. The van der Waals surface area contributed by atoms with Gasteiger partial charge in [0.2, 0.25) is 0 Å². The molecular formula is C23H23N5O3. The van der Waals surface area contributed by atoms with Crippen LogP contribution in [0.1, 0.15) is 28.6 Å². The largest absolute Gasteiger partial charge is 0.464 e. The van der Waals surface area contributed by atoms with Gasteiger partial charge in [0.25, 0.3) is 0 Å². The molecule has 0 bridgehead atoms. The Bertz CT molecular complexity index is 1250. The topological polar surface area (TPSA) is 86.3 Å². The highest BCUT2D eigenvalue weighted by molar-refractivity contribution is 5.77. The van der Waals surface area contributed by atoms with Gasteiger partial charge in [-0.25, -0.2) is 4.68 Å². The number of hydrogen-bond donors (Lipinski definition) is 0. The highest BCUT2D eigenvalue weighted by Gasteiger charge is 2.32. The number of nitrogens with zero attached hydrogens (tertiary/aromatic N) is 5. The monoisotopic (exact) mass is 417 g/mol. The van der Waals surface area contributed by atoms with E-state index in [1.165, 1.54) is 0 Å². The lowest BCUT2D eigenvalue weighted by Crippen LogP contribution is -2.42. The lowest BCUT2D eigenvalue weighted by molar-refractivity contribution is 0.0212. The van der Waals surface area contributed by atoms with Gasteiger partial charge in [0.15, 0.2) is 11.3 Å². The number of aryl methyl sites for hydroxylation is 1. The van der Waals surface area contributed by atoms with Crippen LogP contribution in [0.4, 0.5) is 0 Å². The van der Waals surface area contributed by atoms with E-state index in [0.717, 1.165) is 11.1 Å². The Labute approximate surface area is 179 Å². The summed E-state index contributed by atoms with van der Waals surface area (Å²) in [6, 6.07) is 15.2. The van der Waals surface area contributed by atoms with Crippen molar-refractivity contribution in [3.63, 3.8) is 0 Å². The Hall–Kier alpha value is -3.36. The molecule has 0 amide bonds. The minimum absolute atomic E-state index is 0.0595. The van der Waals surface area contributed by atoms with Crippen LogP contribution in [-0.4, -0.2) is 51.4 Å². The molecule has 0 saturated carbocycles. The van der Waals surface area contributed by atoms with Crippen LogP contribution in [-0.2, 0) is 11.3 Å². The molecule has 158 valence electrons. The normalized spacial score (nSPS) is 15.9. The van der Waals surface area contributed by atoms with Crippen LogP contribution >= 0.6 is 0 Å². The first kappa shape index (κ1) is 19.6. The van der Waals surface area contributed by atoms with Crippen molar-refractivity contribution in [1.82, 2.24) is 25.1 Å². The molecular weight excluding hydrogens is 394 g/mol. The van der Waals surface area contributed by atoms with Gasteiger partial charge in [0.05, 0.1) is 30.7 Å². The van der Waals surface area contributed by atoms with Crippen LogP contribution in [0.2, 0.25) is 0 Å². The van der Waals surface area contributed by atoms with Crippen molar-refractivity contribution in [2.75, 3.05) is 26.3 Å². The predicted molar refractivity (Wildman–Crippen MR) is 115 cm³/mol. The van der Waals surface area contributed by atoms with Crippen molar-refractivity contribution in [2.45, 2.75) is 19.5 Å². The third-order valence-corrected chi connectivity index (χ3v) is 5.64. The average Bonchev–Trinajstić information content (AvgIpc) is 3.25. The summed E-state index contributed by atoms with van der Waals surface area (Å²) in [6.45, 7) is 5.01. The van der Waals surface area contributed by atoms with Crippen molar-refractivity contribution in [3.8, 4) is 0 Å². The van der Waals surface area contributed by atoms with E-state index in [9.17, 15) is 4.79 Å². The smallest absolute Gasteiger partial charge is 0.197 e. The quantitative estimate of drug-likeness (QED) is 0.493. The van der Waals surface area contributed by atoms with Crippen molar-refractivity contribution in [1.29, 1.82) is 0 Å². The summed E-state index contributed by atoms with van der Waals surface area (Å²) in [7, 11) is 0. The highest BCUT2D eigenvalue weighted by Crippen LogP contribution is 2.28. The number of benzene rings is 2. The molecule has 1 aliphatic rings. The fraction of sp³-hybridized carbons (Fsp3) is 0.304. The molecule has 8 heteroatoms. The van der Waals surface area contributed by atoms with Gasteiger partial charge in [-0.05, 0) is 35.0 Å². The second kappa shape index (κ2) is 8.41. The molecule has 4 aromatic rings. The summed E-state index contributed by atoms with van der Waals surface area (Å²) < 4.78 is 13.2. The van der Waals surface area contributed by atoms with E-state index < -0.39 is 6.04 Å². The van der Waals surface area contributed by atoms with Crippen LogP contribution in [0.5, 0.6) is 0 Å². The van der Waals surface area contributed by atoms with Crippen molar-refractivity contribution in [3.05, 3.63) is 87.5 Å². The Morgan fingerprint density at radius 3 is 2.71 bits per heavy atom. The van der Waals surface area contributed by atoms with E-state index in [2.05, 4.69) is 20.4 Å². The van der Waals surface area contributed by atoms with Gasteiger partial charge in [0.1, 0.15) is 17.9 Å². The Kier molecular flexibility index (Phi) is 5.31. The molecule has 1 fully saturated rings. The molecule has 3 heterocycles. The molecule has 0 aliphatic carbocycles. The average molecular weight is 417 g/mol. The molecule has 8 nitrogen and oxygen atoms in total. The van der Waals surface area contributed by atoms with Crippen LogP contribution in [0.3, 0.4) is 0 Å². The van der Waals surface area contributed by atoms with Crippen molar-refractivity contribution < 1.29 is 9.15 Å². The number of rotatable bonds is 5. The summed E-state index contributed by atoms with van der Waals surface area (Å²) in [5.74, 6) is 0.616. The van der Waals surface area contributed by atoms with Gasteiger partial charge < -0.3 is 9.15 Å². The first-order chi connectivity index (χ1) is 15.2.